The fourth-order valence-electron chi connectivity index (χ4n) is 2.62. The molecule has 5 nitrogen and oxygen atoms in total. The average molecular weight is 368 g/mol. The topological polar surface area (TPSA) is 67.4 Å². The summed E-state index contributed by atoms with van der Waals surface area (Å²) < 4.78 is 19.2. The van der Waals surface area contributed by atoms with Crippen molar-refractivity contribution in [3.05, 3.63) is 65.3 Å². The maximum Gasteiger partial charge on any atom is 0.265 e. The number of anilines is 2. The Labute approximate surface area is 152 Å². The van der Waals surface area contributed by atoms with E-state index in [1.807, 2.05) is 0 Å². The van der Waals surface area contributed by atoms with Gasteiger partial charge in [-0.15, -0.1) is 11.3 Å². The fraction of sp³-hybridized carbons (Fsp3) is 0.0526. The SMILES string of the molecule is O=C1COc2ccc(NC(=O)c3ccc(-c4ccccc4F)s3)cc2N1. The number of carbonyl (C=O) groups is 2. The molecule has 1 aliphatic rings. The molecule has 1 aliphatic heterocycles. The summed E-state index contributed by atoms with van der Waals surface area (Å²) in [5.74, 6) is -0.318. The number of nitrogens with one attached hydrogen (secondary N) is 2. The van der Waals surface area contributed by atoms with Crippen LogP contribution in [0.2, 0.25) is 0 Å². The second kappa shape index (κ2) is 6.61. The van der Waals surface area contributed by atoms with Crippen LogP contribution >= 0.6 is 11.3 Å². The molecule has 0 radical (unpaired) electrons. The summed E-state index contributed by atoms with van der Waals surface area (Å²) in [5.41, 5.74) is 1.50. The Hall–Kier alpha value is -3.19. The zero-order valence-electron chi connectivity index (χ0n) is 13.4. The summed E-state index contributed by atoms with van der Waals surface area (Å²) in [5, 5.41) is 5.46. The number of rotatable bonds is 3. The van der Waals surface area contributed by atoms with Crippen LogP contribution in [-0.2, 0) is 4.79 Å². The number of amides is 2. The lowest BCUT2D eigenvalue weighted by molar-refractivity contribution is -0.118. The smallest absolute Gasteiger partial charge is 0.265 e. The van der Waals surface area contributed by atoms with E-state index in [0.717, 1.165) is 0 Å². The number of fused-ring (bicyclic) bond motifs is 1. The molecular formula is C19H13FN2O3S. The summed E-state index contributed by atoms with van der Waals surface area (Å²) in [7, 11) is 0. The van der Waals surface area contributed by atoms with E-state index < -0.39 is 0 Å². The minimum absolute atomic E-state index is 0.0211. The molecule has 0 spiro atoms. The molecule has 0 saturated carbocycles. The maximum atomic E-state index is 13.9. The second-order valence-corrected chi connectivity index (χ2v) is 6.73. The average Bonchev–Trinajstić information content (AvgIpc) is 3.12. The van der Waals surface area contributed by atoms with Gasteiger partial charge in [-0.2, -0.15) is 0 Å². The lowest BCUT2D eigenvalue weighted by Gasteiger charge is -2.18. The number of benzene rings is 2. The van der Waals surface area contributed by atoms with Crippen molar-refractivity contribution in [2.24, 2.45) is 0 Å². The second-order valence-electron chi connectivity index (χ2n) is 5.65. The van der Waals surface area contributed by atoms with Gasteiger partial charge in [0, 0.05) is 16.1 Å². The van der Waals surface area contributed by atoms with E-state index in [1.54, 1.807) is 48.5 Å². The Morgan fingerprint density at radius 1 is 1.15 bits per heavy atom. The minimum atomic E-state index is -0.327. The molecule has 2 amide bonds. The van der Waals surface area contributed by atoms with Gasteiger partial charge < -0.3 is 15.4 Å². The molecule has 7 heteroatoms. The molecule has 0 unspecified atom stereocenters. The zero-order valence-corrected chi connectivity index (χ0v) is 14.2. The fourth-order valence-corrected chi connectivity index (χ4v) is 3.55. The lowest BCUT2D eigenvalue weighted by Crippen LogP contribution is -2.25. The molecule has 2 heterocycles. The van der Waals surface area contributed by atoms with E-state index in [9.17, 15) is 14.0 Å². The first-order valence-corrected chi connectivity index (χ1v) is 8.64. The van der Waals surface area contributed by atoms with Gasteiger partial charge in [0.15, 0.2) is 6.61 Å². The highest BCUT2D eigenvalue weighted by Gasteiger charge is 2.17. The van der Waals surface area contributed by atoms with Gasteiger partial charge in [0.25, 0.3) is 11.8 Å². The van der Waals surface area contributed by atoms with Crippen LogP contribution in [0, 0.1) is 5.82 Å². The van der Waals surface area contributed by atoms with E-state index in [2.05, 4.69) is 10.6 Å². The first-order valence-electron chi connectivity index (χ1n) is 7.83. The standard InChI is InChI=1S/C19H13FN2O3S/c20-13-4-2-1-3-12(13)16-7-8-17(26-16)19(24)21-11-5-6-15-14(9-11)22-18(23)10-25-15/h1-9H,10H2,(H,21,24)(H,22,23). The Morgan fingerprint density at radius 2 is 2.00 bits per heavy atom. The third-order valence-corrected chi connectivity index (χ3v) is 4.96. The molecule has 0 saturated heterocycles. The van der Waals surface area contributed by atoms with Crippen LogP contribution in [0.3, 0.4) is 0 Å². The van der Waals surface area contributed by atoms with Crippen molar-refractivity contribution in [3.8, 4) is 16.2 Å². The van der Waals surface area contributed by atoms with E-state index in [-0.39, 0.29) is 24.2 Å². The van der Waals surface area contributed by atoms with Gasteiger partial charge in [-0.05, 0) is 36.4 Å². The number of hydrogen-bond donors (Lipinski definition) is 2. The Morgan fingerprint density at radius 3 is 2.85 bits per heavy atom. The van der Waals surface area contributed by atoms with Crippen molar-refractivity contribution in [1.29, 1.82) is 0 Å². The van der Waals surface area contributed by atoms with E-state index >= 15 is 0 Å². The number of hydrogen-bond acceptors (Lipinski definition) is 4. The van der Waals surface area contributed by atoms with Crippen molar-refractivity contribution < 1.29 is 18.7 Å². The molecule has 0 atom stereocenters. The molecule has 4 rings (SSSR count). The van der Waals surface area contributed by atoms with E-state index in [4.69, 9.17) is 4.74 Å². The van der Waals surface area contributed by atoms with Crippen LogP contribution < -0.4 is 15.4 Å². The first kappa shape index (κ1) is 16.3. The van der Waals surface area contributed by atoms with Crippen LogP contribution in [0.5, 0.6) is 5.75 Å². The third kappa shape index (κ3) is 3.16. The molecule has 0 aliphatic carbocycles. The summed E-state index contributed by atoms with van der Waals surface area (Å²) >= 11 is 1.21. The van der Waals surface area contributed by atoms with Gasteiger partial charge in [-0.25, -0.2) is 4.39 Å². The van der Waals surface area contributed by atoms with E-state index in [1.165, 1.54) is 17.4 Å². The van der Waals surface area contributed by atoms with Gasteiger partial charge in [-0.1, -0.05) is 18.2 Å². The van der Waals surface area contributed by atoms with Gasteiger partial charge in [0.05, 0.1) is 10.6 Å². The van der Waals surface area contributed by atoms with Crippen LogP contribution in [-0.4, -0.2) is 18.4 Å². The van der Waals surface area contributed by atoms with Crippen molar-refractivity contribution in [3.63, 3.8) is 0 Å². The molecule has 0 fully saturated rings. The summed E-state index contributed by atoms with van der Waals surface area (Å²) in [6.07, 6.45) is 0. The van der Waals surface area contributed by atoms with Gasteiger partial charge in [0.1, 0.15) is 11.6 Å². The number of halogens is 1. The highest BCUT2D eigenvalue weighted by molar-refractivity contribution is 7.17. The van der Waals surface area contributed by atoms with Crippen LogP contribution in [0.4, 0.5) is 15.8 Å². The van der Waals surface area contributed by atoms with Crippen LogP contribution in [0.1, 0.15) is 9.67 Å². The molecule has 0 bridgehead atoms. The zero-order chi connectivity index (χ0) is 18.1. The largest absolute Gasteiger partial charge is 0.482 e. The predicted octanol–water partition coefficient (Wildman–Crippen LogP) is 4.14. The molecule has 2 aromatic carbocycles. The highest BCUT2D eigenvalue weighted by Crippen LogP contribution is 2.32. The minimum Gasteiger partial charge on any atom is -0.482 e. The molecule has 3 aromatic rings. The van der Waals surface area contributed by atoms with Gasteiger partial charge >= 0.3 is 0 Å². The van der Waals surface area contributed by atoms with Gasteiger partial charge in [-0.3, -0.25) is 9.59 Å². The number of carbonyl (C=O) groups excluding carboxylic acids is 2. The Kier molecular flexibility index (Phi) is 4.14. The summed E-state index contributed by atoms with van der Waals surface area (Å²) in [6.45, 7) is -0.0211. The van der Waals surface area contributed by atoms with Crippen molar-refractivity contribution in [2.45, 2.75) is 0 Å². The first-order chi connectivity index (χ1) is 12.6. The Bertz CT molecular complexity index is 1020. The quantitative estimate of drug-likeness (QED) is 0.730. The molecule has 1 aromatic heterocycles. The molecule has 2 N–H and O–H groups in total. The van der Waals surface area contributed by atoms with E-state index in [0.29, 0.717) is 32.4 Å². The molecule has 130 valence electrons. The van der Waals surface area contributed by atoms with Crippen LogP contribution in [0.15, 0.2) is 54.6 Å². The maximum absolute atomic E-state index is 13.9. The van der Waals surface area contributed by atoms with Crippen molar-refractivity contribution in [1.82, 2.24) is 0 Å². The lowest BCUT2D eigenvalue weighted by atomic mass is 10.2. The summed E-state index contributed by atoms with van der Waals surface area (Å²) in [4.78, 5) is 25.0. The van der Waals surface area contributed by atoms with Gasteiger partial charge in [0.2, 0.25) is 0 Å². The van der Waals surface area contributed by atoms with Crippen molar-refractivity contribution >= 4 is 34.5 Å². The predicted molar refractivity (Wildman–Crippen MR) is 98.2 cm³/mol. The normalized spacial score (nSPS) is 12.7. The van der Waals surface area contributed by atoms with Crippen LogP contribution in [0.25, 0.3) is 10.4 Å². The Balaban J connectivity index is 1.53. The van der Waals surface area contributed by atoms with Crippen molar-refractivity contribution in [2.75, 3.05) is 17.2 Å². The number of ether oxygens (including phenoxy) is 1. The third-order valence-electron chi connectivity index (χ3n) is 3.84. The molecular weight excluding hydrogens is 355 g/mol. The number of thiophene rings is 1. The highest BCUT2D eigenvalue weighted by atomic mass is 32.1. The monoisotopic (exact) mass is 368 g/mol. The molecule has 26 heavy (non-hydrogen) atoms. The summed E-state index contributed by atoms with van der Waals surface area (Å²) in [6, 6.07) is 14.8.